The summed E-state index contributed by atoms with van der Waals surface area (Å²) in [5, 5.41) is 0. The number of rotatable bonds is 1. The van der Waals surface area contributed by atoms with Gasteiger partial charge in [-0.15, -0.1) is 12.8 Å². The van der Waals surface area contributed by atoms with Crippen molar-refractivity contribution in [2.45, 2.75) is 4.90 Å². The molecule has 1 aromatic carbocycles. The molecule has 3 nitrogen and oxygen atoms in total. The standard InChI is InChI=1S/C10H6O3S.Na/c1-3-8-5-9(4-2)7-10(6-8)14(11,12)13;/h1-2,5-7H,(H,11,12,13);/q;+1/p-1. The van der Waals surface area contributed by atoms with E-state index in [2.05, 4.69) is 11.8 Å². The first kappa shape index (κ1) is 14.2. The van der Waals surface area contributed by atoms with Crippen LogP contribution < -0.4 is 29.6 Å². The summed E-state index contributed by atoms with van der Waals surface area (Å²) in [7, 11) is -4.51. The number of hydrogen-bond acceptors (Lipinski definition) is 3. The molecule has 0 bridgehead atoms. The first-order valence-corrected chi connectivity index (χ1v) is 4.92. The Morgan fingerprint density at radius 1 is 1.07 bits per heavy atom. The fraction of sp³-hybridized carbons (Fsp3) is 0. The minimum Gasteiger partial charge on any atom is -0.744 e. The van der Waals surface area contributed by atoms with Gasteiger partial charge in [0.15, 0.2) is 0 Å². The van der Waals surface area contributed by atoms with Crippen LogP contribution >= 0.6 is 0 Å². The third-order valence-corrected chi connectivity index (χ3v) is 2.34. The summed E-state index contributed by atoms with van der Waals surface area (Å²) < 4.78 is 32.0. The topological polar surface area (TPSA) is 57.2 Å². The zero-order valence-corrected chi connectivity index (χ0v) is 10.8. The van der Waals surface area contributed by atoms with Crippen LogP contribution in [0.25, 0.3) is 0 Å². The van der Waals surface area contributed by atoms with Crippen LogP contribution in [0.1, 0.15) is 11.1 Å². The number of terminal acetylenes is 2. The Kier molecular flexibility index (Phi) is 5.10. The summed E-state index contributed by atoms with van der Waals surface area (Å²) in [5.41, 5.74) is 0.546. The molecule has 0 fully saturated rings. The molecule has 0 saturated heterocycles. The Hall–Kier alpha value is -0.750. The summed E-state index contributed by atoms with van der Waals surface area (Å²) in [6.45, 7) is 0. The van der Waals surface area contributed by atoms with Crippen molar-refractivity contribution in [2.75, 3.05) is 0 Å². The quantitative estimate of drug-likeness (QED) is 0.305. The van der Waals surface area contributed by atoms with E-state index in [0.717, 1.165) is 12.1 Å². The molecular weight excluding hydrogens is 223 g/mol. The van der Waals surface area contributed by atoms with E-state index in [4.69, 9.17) is 12.8 Å². The van der Waals surface area contributed by atoms with Gasteiger partial charge in [-0.25, -0.2) is 8.42 Å². The number of hydrogen-bond donors (Lipinski definition) is 0. The van der Waals surface area contributed by atoms with E-state index in [1.165, 1.54) is 6.07 Å². The summed E-state index contributed by atoms with van der Waals surface area (Å²) in [6, 6.07) is 3.68. The van der Waals surface area contributed by atoms with Crippen LogP contribution in [0.5, 0.6) is 0 Å². The maximum absolute atomic E-state index is 10.7. The normalized spacial score (nSPS) is 9.53. The summed E-state index contributed by atoms with van der Waals surface area (Å²) in [6.07, 6.45) is 10.1. The summed E-state index contributed by atoms with van der Waals surface area (Å²) in [5.74, 6) is 4.43. The van der Waals surface area contributed by atoms with Gasteiger partial charge >= 0.3 is 29.6 Å². The predicted octanol–water partition coefficient (Wildman–Crippen LogP) is -2.44. The fourth-order valence-electron chi connectivity index (χ4n) is 0.910. The minimum absolute atomic E-state index is 0. The second-order valence-electron chi connectivity index (χ2n) is 2.49. The molecule has 0 aromatic heterocycles. The van der Waals surface area contributed by atoms with E-state index in [1.54, 1.807) is 0 Å². The first-order valence-electron chi connectivity index (χ1n) is 3.51. The van der Waals surface area contributed by atoms with Crippen LogP contribution in [0.2, 0.25) is 0 Å². The molecular formula is C10H5NaO3S. The third kappa shape index (κ3) is 3.71. The molecule has 0 atom stereocenters. The zero-order chi connectivity index (χ0) is 10.8. The van der Waals surface area contributed by atoms with Gasteiger partial charge in [-0.2, -0.15) is 0 Å². The van der Waals surface area contributed by atoms with Gasteiger partial charge in [0.05, 0.1) is 4.90 Å². The van der Waals surface area contributed by atoms with Gasteiger partial charge in [0, 0.05) is 11.1 Å². The Morgan fingerprint density at radius 2 is 1.47 bits per heavy atom. The average Bonchev–Trinajstić information content (AvgIpc) is 2.15. The maximum Gasteiger partial charge on any atom is 1.00 e. The smallest absolute Gasteiger partial charge is 0.744 e. The fourth-order valence-corrected chi connectivity index (χ4v) is 1.45. The van der Waals surface area contributed by atoms with Crippen LogP contribution in [-0.4, -0.2) is 13.0 Å². The first-order chi connectivity index (χ1) is 6.47. The molecule has 0 aliphatic rings. The van der Waals surface area contributed by atoms with E-state index in [9.17, 15) is 13.0 Å². The molecule has 70 valence electrons. The molecule has 0 N–H and O–H groups in total. The molecule has 0 heterocycles. The van der Waals surface area contributed by atoms with Crippen molar-refractivity contribution in [1.29, 1.82) is 0 Å². The molecule has 0 unspecified atom stereocenters. The molecule has 0 aliphatic carbocycles. The van der Waals surface area contributed by atoms with Crippen molar-refractivity contribution in [3.05, 3.63) is 29.3 Å². The van der Waals surface area contributed by atoms with Gasteiger partial charge in [0.25, 0.3) is 0 Å². The second kappa shape index (κ2) is 5.37. The molecule has 5 heteroatoms. The minimum atomic E-state index is -4.51. The van der Waals surface area contributed by atoms with E-state index in [-0.39, 0.29) is 40.7 Å². The van der Waals surface area contributed by atoms with Gasteiger partial charge < -0.3 is 4.55 Å². The Labute approximate surface area is 111 Å². The maximum atomic E-state index is 10.7. The molecule has 0 saturated carbocycles. The van der Waals surface area contributed by atoms with E-state index < -0.39 is 15.0 Å². The van der Waals surface area contributed by atoms with Gasteiger partial charge in [-0.1, -0.05) is 11.8 Å². The predicted molar refractivity (Wildman–Crippen MR) is 50.3 cm³/mol. The Bertz CT molecular complexity index is 515. The van der Waals surface area contributed by atoms with E-state index >= 15 is 0 Å². The largest absolute Gasteiger partial charge is 1.00 e. The zero-order valence-electron chi connectivity index (χ0n) is 8.02. The molecule has 0 radical (unpaired) electrons. The monoisotopic (exact) mass is 228 g/mol. The van der Waals surface area contributed by atoms with E-state index in [0.29, 0.717) is 0 Å². The Morgan fingerprint density at radius 3 is 1.73 bits per heavy atom. The molecule has 1 rings (SSSR count). The van der Waals surface area contributed by atoms with E-state index in [1.807, 2.05) is 0 Å². The third-order valence-electron chi connectivity index (χ3n) is 1.53. The summed E-state index contributed by atoms with van der Waals surface area (Å²) in [4.78, 5) is -0.402. The molecule has 0 spiro atoms. The van der Waals surface area contributed by atoms with Crippen molar-refractivity contribution in [3.8, 4) is 24.7 Å². The van der Waals surface area contributed by atoms with Crippen molar-refractivity contribution in [1.82, 2.24) is 0 Å². The SMILES string of the molecule is C#Cc1cc(C#C)cc(S(=O)(=O)[O-])c1.[Na+]. The van der Waals surface area contributed by atoms with Gasteiger partial charge in [0.2, 0.25) is 0 Å². The van der Waals surface area contributed by atoms with Crippen molar-refractivity contribution in [2.24, 2.45) is 0 Å². The molecule has 0 aliphatic heterocycles. The van der Waals surface area contributed by atoms with Gasteiger partial charge in [-0.05, 0) is 18.2 Å². The van der Waals surface area contributed by atoms with Crippen molar-refractivity contribution < 1.29 is 42.5 Å². The van der Waals surface area contributed by atoms with Crippen molar-refractivity contribution in [3.63, 3.8) is 0 Å². The van der Waals surface area contributed by atoms with Crippen LogP contribution in [0.15, 0.2) is 23.1 Å². The van der Waals surface area contributed by atoms with Gasteiger partial charge in [-0.3, -0.25) is 0 Å². The van der Waals surface area contributed by atoms with Crippen molar-refractivity contribution >= 4 is 10.1 Å². The second-order valence-corrected chi connectivity index (χ2v) is 3.87. The molecule has 0 amide bonds. The van der Waals surface area contributed by atoms with Gasteiger partial charge in [0.1, 0.15) is 10.1 Å². The molecule has 15 heavy (non-hydrogen) atoms. The van der Waals surface area contributed by atoms with Crippen LogP contribution in [0.3, 0.4) is 0 Å². The Balaban J connectivity index is 0.00000196. The number of benzene rings is 1. The molecule has 1 aromatic rings. The van der Waals surface area contributed by atoms with Crippen LogP contribution in [0.4, 0.5) is 0 Å². The average molecular weight is 228 g/mol. The summed E-state index contributed by atoms with van der Waals surface area (Å²) >= 11 is 0. The van der Waals surface area contributed by atoms with Crippen LogP contribution in [-0.2, 0) is 10.1 Å². The van der Waals surface area contributed by atoms with Crippen LogP contribution in [0, 0.1) is 24.7 Å².